The maximum absolute atomic E-state index is 13.5. The summed E-state index contributed by atoms with van der Waals surface area (Å²) >= 11 is 0. The summed E-state index contributed by atoms with van der Waals surface area (Å²) in [7, 11) is -1.93. The average Bonchev–Trinajstić information content (AvgIpc) is 2.84. The highest BCUT2D eigenvalue weighted by atomic mass is 32.2. The molecule has 0 bridgehead atoms. The summed E-state index contributed by atoms with van der Waals surface area (Å²) in [6, 6.07) is 14.0. The third kappa shape index (κ3) is 9.39. The van der Waals surface area contributed by atoms with Crippen molar-refractivity contribution in [1.82, 2.24) is 10.2 Å². The quantitative estimate of drug-likeness (QED) is 0.396. The maximum atomic E-state index is 13.5. The number of ether oxygens (including phenoxy) is 1. The zero-order valence-electron chi connectivity index (χ0n) is 22.9. The standard InChI is InChI=1S/C28H41N3O5S/c1-7-26(28(33)29-19-21(2)3)30(20-23-13-15-25(36-5)16-14-23)27(32)12-9-17-31(37(6,34)35)24-11-8-10-22(4)18-24/h8,10-11,13-16,18,21,26H,7,9,12,17,19-20H2,1-6H3,(H,29,33)/t26-/m1/s1. The number of rotatable bonds is 14. The van der Waals surface area contributed by atoms with E-state index in [9.17, 15) is 18.0 Å². The van der Waals surface area contributed by atoms with Crippen LogP contribution >= 0.6 is 0 Å². The van der Waals surface area contributed by atoms with Gasteiger partial charge in [-0.1, -0.05) is 45.0 Å². The minimum absolute atomic E-state index is 0.113. The summed E-state index contributed by atoms with van der Waals surface area (Å²) in [5, 5.41) is 2.95. The van der Waals surface area contributed by atoms with Gasteiger partial charge in [0.15, 0.2) is 0 Å². The number of hydrogen-bond donors (Lipinski definition) is 1. The molecule has 9 heteroatoms. The van der Waals surface area contributed by atoms with Crippen molar-refractivity contribution in [2.45, 2.75) is 59.5 Å². The topological polar surface area (TPSA) is 96.0 Å². The number of carbonyl (C=O) groups excluding carboxylic acids is 2. The van der Waals surface area contributed by atoms with E-state index in [2.05, 4.69) is 5.32 Å². The number of amides is 2. The second-order valence-corrected chi connectivity index (χ2v) is 11.6. The Bertz CT molecular complexity index is 1130. The Hall–Kier alpha value is -3.07. The molecule has 0 aliphatic carbocycles. The highest BCUT2D eigenvalue weighted by Gasteiger charge is 2.29. The van der Waals surface area contributed by atoms with Crippen molar-refractivity contribution >= 4 is 27.5 Å². The normalized spacial score (nSPS) is 12.2. The van der Waals surface area contributed by atoms with Crippen LogP contribution in [-0.4, -0.2) is 57.6 Å². The van der Waals surface area contributed by atoms with Gasteiger partial charge in [0.25, 0.3) is 0 Å². The van der Waals surface area contributed by atoms with Gasteiger partial charge in [0.2, 0.25) is 21.8 Å². The highest BCUT2D eigenvalue weighted by molar-refractivity contribution is 7.92. The van der Waals surface area contributed by atoms with Crippen molar-refractivity contribution in [3.63, 3.8) is 0 Å². The van der Waals surface area contributed by atoms with Crippen LogP contribution in [0.5, 0.6) is 5.75 Å². The minimum Gasteiger partial charge on any atom is -0.497 e. The molecule has 0 saturated heterocycles. The van der Waals surface area contributed by atoms with Crippen molar-refractivity contribution in [2.24, 2.45) is 5.92 Å². The second kappa shape index (κ2) is 14.0. The van der Waals surface area contributed by atoms with Crippen LogP contribution in [0, 0.1) is 12.8 Å². The van der Waals surface area contributed by atoms with E-state index in [0.717, 1.165) is 11.1 Å². The van der Waals surface area contributed by atoms with E-state index in [1.807, 2.05) is 70.2 Å². The predicted molar refractivity (Wildman–Crippen MR) is 148 cm³/mol. The number of hydrogen-bond acceptors (Lipinski definition) is 5. The van der Waals surface area contributed by atoms with Crippen LogP contribution in [0.3, 0.4) is 0 Å². The molecule has 0 aliphatic rings. The van der Waals surface area contributed by atoms with Crippen LogP contribution in [0.4, 0.5) is 5.69 Å². The van der Waals surface area contributed by atoms with Gasteiger partial charge >= 0.3 is 0 Å². The molecule has 0 aromatic heterocycles. The number of sulfonamides is 1. The smallest absolute Gasteiger partial charge is 0.242 e. The van der Waals surface area contributed by atoms with Gasteiger partial charge < -0.3 is 15.0 Å². The zero-order chi connectivity index (χ0) is 27.6. The number of carbonyl (C=O) groups is 2. The van der Waals surface area contributed by atoms with E-state index in [4.69, 9.17) is 4.74 Å². The third-order valence-electron chi connectivity index (χ3n) is 6.02. The lowest BCUT2D eigenvalue weighted by Gasteiger charge is -2.31. The molecule has 0 saturated carbocycles. The molecule has 1 N–H and O–H groups in total. The van der Waals surface area contributed by atoms with Gasteiger partial charge in [0.05, 0.1) is 19.1 Å². The van der Waals surface area contributed by atoms with Crippen LogP contribution < -0.4 is 14.4 Å². The molecule has 0 aliphatic heterocycles. The first-order valence-electron chi connectivity index (χ1n) is 12.7. The fourth-order valence-corrected chi connectivity index (χ4v) is 5.01. The van der Waals surface area contributed by atoms with E-state index in [0.29, 0.717) is 30.8 Å². The van der Waals surface area contributed by atoms with Crippen molar-refractivity contribution in [3.8, 4) is 5.75 Å². The first kappa shape index (κ1) is 30.2. The summed E-state index contributed by atoms with van der Waals surface area (Å²) in [5.41, 5.74) is 2.40. The Morgan fingerprint density at radius 1 is 1.08 bits per heavy atom. The lowest BCUT2D eigenvalue weighted by atomic mass is 10.1. The molecule has 2 amide bonds. The fourth-order valence-electron chi connectivity index (χ4n) is 4.06. The van der Waals surface area contributed by atoms with E-state index in [-0.39, 0.29) is 37.2 Å². The van der Waals surface area contributed by atoms with Crippen molar-refractivity contribution in [2.75, 3.05) is 30.8 Å². The van der Waals surface area contributed by atoms with Crippen LogP contribution in [-0.2, 0) is 26.2 Å². The number of methoxy groups -OCH3 is 1. The van der Waals surface area contributed by atoms with Crippen LogP contribution in [0.15, 0.2) is 48.5 Å². The van der Waals surface area contributed by atoms with Crippen LogP contribution in [0.2, 0.25) is 0 Å². The zero-order valence-corrected chi connectivity index (χ0v) is 23.7. The average molecular weight is 532 g/mol. The molecule has 0 spiro atoms. The number of benzene rings is 2. The van der Waals surface area contributed by atoms with Gasteiger partial charge in [-0.2, -0.15) is 0 Å². The third-order valence-corrected chi connectivity index (χ3v) is 7.22. The molecule has 2 aromatic carbocycles. The molecule has 0 radical (unpaired) electrons. The molecule has 2 rings (SSSR count). The Morgan fingerprint density at radius 3 is 2.30 bits per heavy atom. The summed E-state index contributed by atoms with van der Waals surface area (Å²) in [6.45, 7) is 8.79. The highest BCUT2D eigenvalue weighted by Crippen LogP contribution is 2.21. The molecule has 2 aromatic rings. The predicted octanol–water partition coefficient (Wildman–Crippen LogP) is 4.13. The molecule has 0 unspecified atom stereocenters. The van der Waals surface area contributed by atoms with Crippen LogP contribution in [0.25, 0.3) is 0 Å². The lowest BCUT2D eigenvalue weighted by molar-refractivity contribution is -0.141. The van der Waals surface area contributed by atoms with Gasteiger partial charge in [-0.25, -0.2) is 8.42 Å². The van der Waals surface area contributed by atoms with E-state index in [1.165, 1.54) is 10.6 Å². The molecule has 204 valence electrons. The summed E-state index contributed by atoms with van der Waals surface area (Å²) in [5.74, 6) is 0.617. The summed E-state index contributed by atoms with van der Waals surface area (Å²) in [6.07, 6.45) is 2.06. The summed E-state index contributed by atoms with van der Waals surface area (Å²) < 4.78 is 31.5. The molecular weight excluding hydrogens is 490 g/mol. The fraction of sp³-hybridized carbons (Fsp3) is 0.500. The van der Waals surface area contributed by atoms with Gasteiger partial charge in [0.1, 0.15) is 11.8 Å². The van der Waals surface area contributed by atoms with Gasteiger partial charge in [-0.3, -0.25) is 13.9 Å². The molecular formula is C28H41N3O5S. The van der Waals surface area contributed by atoms with Crippen molar-refractivity contribution in [1.29, 1.82) is 0 Å². The van der Waals surface area contributed by atoms with Crippen molar-refractivity contribution < 1.29 is 22.7 Å². The van der Waals surface area contributed by atoms with Gasteiger partial charge in [0, 0.05) is 26.1 Å². The number of nitrogens with zero attached hydrogens (tertiary/aromatic N) is 2. The number of nitrogens with one attached hydrogen (secondary N) is 1. The van der Waals surface area contributed by atoms with E-state index in [1.54, 1.807) is 18.1 Å². The van der Waals surface area contributed by atoms with E-state index >= 15 is 0 Å². The first-order chi connectivity index (χ1) is 17.5. The minimum atomic E-state index is -3.53. The molecule has 8 nitrogen and oxygen atoms in total. The lowest BCUT2D eigenvalue weighted by Crippen LogP contribution is -2.49. The Kier molecular flexibility index (Phi) is 11.4. The van der Waals surface area contributed by atoms with Gasteiger partial charge in [-0.15, -0.1) is 0 Å². The Balaban J connectivity index is 2.21. The first-order valence-corrected chi connectivity index (χ1v) is 14.6. The second-order valence-electron chi connectivity index (χ2n) is 9.71. The Labute approximate surface area is 222 Å². The molecule has 0 heterocycles. The number of anilines is 1. The molecule has 37 heavy (non-hydrogen) atoms. The monoisotopic (exact) mass is 531 g/mol. The summed E-state index contributed by atoms with van der Waals surface area (Å²) in [4.78, 5) is 28.1. The van der Waals surface area contributed by atoms with Crippen molar-refractivity contribution in [3.05, 3.63) is 59.7 Å². The molecule has 1 atom stereocenters. The maximum Gasteiger partial charge on any atom is 0.242 e. The number of aryl methyl sites for hydroxylation is 1. The SMILES string of the molecule is CC[C@H](C(=O)NCC(C)C)N(Cc1ccc(OC)cc1)C(=O)CCCN(c1cccc(C)c1)S(C)(=O)=O. The largest absolute Gasteiger partial charge is 0.497 e. The van der Waals surface area contributed by atoms with Crippen LogP contribution in [0.1, 0.15) is 51.2 Å². The van der Waals surface area contributed by atoms with E-state index < -0.39 is 16.1 Å². The Morgan fingerprint density at radius 2 is 1.76 bits per heavy atom. The van der Waals surface area contributed by atoms with Gasteiger partial charge in [-0.05, 0) is 61.1 Å². The molecule has 0 fully saturated rings.